The first-order valence-corrected chi connectivity index (χ1v) is 5.95. The van der Waals surface area contributed by atoms with Gasteiger partial charge < -0.3 is 15.4 Å². The fraction of sp³-hybridized carbons (Fsp3) is 0.462. The molecule has 0 saturated carbocycles. The van der Waals surface area contributed by atoms with E-state index in [2.05, 4.69) is 15.6 Å². The summed E-state index contributed by atoms with van der Waals surface area (Å²) in [6.45, 7) is 5.70. The molecule has 0 atom stereocenters. The van der Waals surface area contributed by atoms with Gasteiger partial charge in [0.05, 0.1) is 0 Å². The zero-order valence-corrected chi connectivity index (χ0v) is 11.6. The molecule has 0 spiro atoms. The summed E-state index contributed by atoms with van der Waals surface area (Å²) in [6, 6.07) is 3.33. The van der Waals surface area contributed by atoms with E-state index in [-0.39, 0.29) is 5.91 Å². The Morgan fingerprint density at radius 2 is 2.00 bits per heavy atom. The van der Waals surface area contributed by atoms with E-state index in [9.17, 15) is 9.59 Å². The lowest BCUT2D eigenvalue weighted by Gasteiger charge is -2.19. The molecule has 2 N–H and O–H groups in total. The summed E-state index contributed by atoms with van der Waals surface area (Å²) in [7, 11) is 1.54. The molecule has 0 fully saturated rings. The minimum absolute atomic E-state index is 0.244. The molecular weight excluding hydrogens is 246 g/mol. The summed E-state index contributed by atoms with van der Waals surface area (Å²) < 4.78 is 5.10. The molecule has 6 heteroatoms. The summed E-state index contributed by atoms with van der Waals surface area (Å²) in [5, 5.41) is 5.10. The van der Waals surface area contributed by atoms with Crippen LogP contribution in [0.5, 0.6) is 0 Å². The van der Waals surface area contributed by atoms with Gasteiger partial charge in [-0.3, -0.25) is 9.78 Å². The molecular formula is C13H19N3O3. The van der Waals surface area contributed by atoms with Crippen LogP contribution in [-0.4, -0.2) is 29.6 Å². The van der Waals surface area contributed by atoms with Crippen LogP contribution in [0, 0.1) is 0 Å². The number of ether oxygens (including phenoxy) is 1. The molecule has 19 heavy (non-hydrogen) atoms. The largest absolute Gasteiger partial charge is 0.444 e. The van der Waals surface area contributed by atoms with Crippen molar-refractivity contribution in [3.8, 4) is 0 Å². The van der Waals surface area contributed by atoms with Gasteiger partial charge in [-0.2, -0.15) is 0 Å². The zero-order valence-electron chi connectivity index (χ0n) is 11.6. The van der Waals surface area contributed by atoms with Gasteiger partial charge in [-0.25, -0.2) is 4.79 Å². The van der Waals surface area contributed by atoms with Crippen molar-refractivity contribution in [2.24, 2.45) is 0 Å². The lowest BCUT2D eigenvalue weighted by atomic mass is 10.2. The molecule has 0 unspecified atom stereocenters. The zero-order chi connectivity index (χ0) is 14.5. The van der Waals surface area contributed by atoms with Gasteiger partial charge in [0.2, 0.25) is 0 Å². The van der Waals surface area contributed by atoms with E-state index < -0.39 is 11.7 Å². The minimum Gasteiger partial charge on any atom is -0.444 e. The molecule has 104 valence electrons. The van der Waals surface area contributed by atoms with E-state index in [0.29, 0.717) is 12.2 Å². The van der Waals surface area contributed by atoms with Gasteiger partial charge in [-0.05, 0) is 32.4 Å². The first-order chi connectivity index (χ1) is 8.81. The fourth-order valence-corrected chi connectivity index (χ4v) is 1.28. The maximum atomic E-state index is 11.4. The number of amides is 2. The Morgan fingerprint density at radius 3 is 2.47 bits per heavy atom. The first kappa shape index (κ1) is 14.9. The third-order valence-electron chi connectivity index (χ3n) is 2.12. The van der Waals surface area contributed by atoms with Gasteiger partial charge in [-0.15, -0.1) is 0 Å². The van der Waals surface area contributed by atoms with E-state index in [1.165, 1.54) is 0 Å². The van der Waals surface area contributed by atoms with E-state index in [1.54, 1.807) is 46.1 Å². The number of rotatable bonds is 3. The van der Waals surface area contributed by atoms with Crippen LogP contribution in [0.4, 0.5) is 4.79 Å². The second-order valence-electron chi connectivity index (χ2n) is 4.99. The lowest BCUT2D eigenvalue weighted by Crippen LogP contribution is -2.32. The highest BCUT2D eigenvalue weighted by Crippen LogP contribution is 2.07. The predicted molar refractivity (Wildman–Crippen MR) is 70.7 cm³/mol. The number of aromatic nitrogens is 1. The van der Waals surface area contributed by atoms with Crippen LogP contribution in [0.1, 0.15) is 36.8 Å². The Balaban J connectivity index is 2.50. The van der Waals surface area contributed by atoms with Crippen molar-refractivity contribution in [1.82, 2.24) is 15.6 Å². The Kier molecular flexibility index (Phi) is 4.86. The van der Waals surface area contributed by atoms with E-state index in [1.807, 2.05) is 0 Å². The Morgan fingerprint density at radius 1 is 1.32 bits per heavy atom. The number of hydrogen-bond acceptors (Lipinski definition) is 4. The van der Waals surface area contributed by atoms with Gasteiger partial charge in [-0.1, -0.05) is 6.07 Å². The molecule has 0 saturated heterocycles. The van der Waals surface area contributed by atoms with E-state index in [0.717, 1.165) is 5.56 Å². The third kappa shape index (κ3) is 5.37. The number of carbonyl (C=O) groups excluding carboxylic acids is 2. The van der Waals surface area contributed by atoms with Gasteiger partial charge in [0, 0.05) is 19.8 Å². The molecule has 0 aliphatic rings. The summed E-state index contributed by atoms with van der Waals surface area (Å²) in [5.41, 5.74) is 0.604. The molecule has 0 radical (unpaired) electrons. The SMILES string of the molecule is CNC(=O)c1ccc(CNC(=O)OC(C)(C)C)cn1. The van der Waals surface area contributed by atoms with Crippen LogP contribution in [0.25, 0.3) is 0 Å². The van der Waals surface area contributed by atoms with Crippen LogP contribution in [0.2, 0.25) is 0 Å². The van der Waals surface area contributed by atoms with Crippen molar-refractivity contribution in [2.45, 2.75) is 32.9 Å². The number of alkyl carbamates (subject to hydrolysis) is 1. The van der Waals surface area contributed by atoms with Crippen molar-refractivity contribution < 1.29 is 14.3 Å². The predicted octanol–water partition coefficient (Wildman–Crippen LogP) is 1.47. The molecule has 6 nitrogen and oxygen atoms in total. The molecule has 1 aromatic heterocycles. The normalized spacial score (nSPS) is 10.7. The number of pyridine rings is 1. The number of nitrogens with zero attached hydrogens (tertiary/aromatic N) is 1. The van der Waals surface area contributed by atoms with Crippen molar-refractivity contribution in [3.05, 3.63) is 29.6 Å². The highest BCUT2D eigenvalue weighted by Gasteiger charge is 2.15. The van der Waals surface area contributed by atoms with Crippen LogP contribution < -0.4 is 10.6 Å². The van der Waals surface area contributed by atoms with Gasteiger partial charge in [0.1, 0.15) is 11.3 Å². The smallest absolute Gasteiger partial charge is 0.407 e. The summed E-state index contributed by atoms with van der Waals surface area (Å²) >= 11 is 0. The Labute approximate surface area is 112 Å². The summed E-state index contributed by atoms with van der Waals surface area (Å²) in [5.74, 6) is -0.244. The van der Waals surface area contributed by atoms with E-state index >= 15 is 0 Å². The van der Waals surface area contributed by atoms with Crippen molar-refractivity contribution in [1.29, 1.82) is 0 Å². The van der Waals surface area contributed by atoms with Gasteiger partial charge >= 0.3 is 6.09 Å². The second-order valence-corrected chi connectivity index (χ2v) is 4.99. The molecule has 0 aliphatic heterocycles. The van der Waals surface area contributed by atoms with Crippen LogP contribution in [-0.2, 0) is 11.3 Å². The molecule has 2 amide bonds. The third-order valence-corrected chi connectivity index (χ3v) is 2.12. The average molecular weight is 265 g/mol. The molecule has 1 rings (SSSR count). The van der Waals surface area contributed by atoms with Crippen molar-refractivity contribution in [2.75, 3.05) is 7.05 Å². The van der Waals surface area contributed by atoms with Gasteiger partial charge in [0.25, 0.3) is 5.91 Å². The molecule has 0 aliphatic carbocycles. The molecule has 0 bridgehead atoms. The highest BCUT2D eigenvalue weighted by atomic mass is 16.6. The molecule has 1 heterocycles. The van der Waals surface area contributed by atoms with Crippen LogP contribution in [0.3, 0.4) is 0 Å². The highest BCUT2D eigenvalue weighted by molar-refractivity contribution is 5.91. The number of carbonyl (C=O) groups is 2. The number of nitrogens with one attached hydrogen (secondary N) is 2. The quantitative estimate of drug-likeness (QED) is 0.867. The van der Waals surface area contributed by atoms with Crippen LogP contribution >= 0.6 is 0 Å². The summed E-state index contributed by atoms with van der Waals surface area (Å²) in [4.78, 5) is 26.7. The lowest BCUT2D eigenvalue weighted by molar-refractivity contribution is 0.0523. The second kappa shape index (κ2) is 6.17. The minimum atomic E-state index is -0.522. The fourth-order valence-electron chi connectivity index (χ4n) is 1.28. The topological polar surface area (TPSA) is 80.3 Å². The standard InChI is InChI=1S/C13H19N3O3/c1-13(2,3)19-12(18)16-8-9-5-6-10(15-7-9)11(17)14-4/h5-7H,8H2,1-4H3,(H,14,17)(H,16,18). The Hall–Kier alpha value is -2.11. The Bertz CT molecular complexity index is 449. The van der Waals surface area contributed by atoms with Gasteiger partial charge in [0.15, 0.2) is 0 Å². The van der Waals surface area contributed by atoms with E-state index in [4.69, 9.17) is 4.74 Å². The summed E-state index contributed by atoms with van der Waals surface area (Å²) in [6.07, 6.45) is 1.06. The average Bonchev–Trinajstić information content (AvgIpc) is 2.34. The maximum absolute atomic E-state index is 11.4. The maximum Gasteiger partial charge on any atom is 0.407 e. The molecule has 1 aromatic rings. The van der Waals surface area contributed by atoms with Crippen molar-refractivity contribution >= 4 is 12.0 Å². The van der Waals surface area contributed by atoms with Crippen LogP contribution in [0.15, 0.2) is 18.3 Å². The number of hydrogen-bond donors (Lipinski definition) is 2. The molecule has 0 aromatic carbocycles. The van der Waals surface area contributed by atoms with Crippen molar-refractivity contribution in [3.63, 3.8) is 0 Å². The first-order valence-electron chi connectivity index (χ1n) is 5.95. The monoisotopic (exact) mass is 265 g/mol.